The van der Waals surface area contributed by atoms with Gasteiger partial charge in [0.25, 0.3) is 0 Å². The number of nitrogens with two attached hydrogens (primary N) is 1. The predicted molar refractivity (Wildman–Crippen MR) is 76.9 cm³/mol. The Labute approximate surface area is 120 Å². The second-order valence-corrected chi connectivity index (χ2v) is 6.01. The van der Waals surface area contributed by atoms with Crippen LogP contribution in [0.2, 0.25) is 0 Å². The van der Waals surface area contributed by atoms with Gasteiger partial charge in [0.2, 0.25) is 5.91 Å². The molecule has 1 aliphatic rings. The van der Waals surface area contributed by atoms with E-state index in [2.05, 4.69) is 24.0 Å². The molecule has 6 nitrogen and oxygen atoms in total. The normalized spacial score (nSPS) is 21.2. The van der Waals surface area contributed by atoms with E-state index in [0.29, 0.717) is 6.54 Å². The molecule has 2 heterocycles. The third kappa shape index (κ3) is 3.00. The van der Waals surface area contributed by atoms with Crippen LogP contribution in [0.25, 0.3) is 0 Å². The molecule has 112 valence electrons. The zero-order valence-corrected chi connectivity index (χ0v) is 12.6. The molecule has 0 spiro atoms. The van der Waals surface area contributed by atoms with Gasteiger partial charge in [0.1, 0.15) is 12.2 Å². The topological polar surface area (TPSA) is 77.0 Å². The maximum absolute atomic E-state index is 12.6. The second-order valence-electron chi connectivity index (χ2n) is 6.01. The Morgan fingerprint density at radius 3 is 2.85 bits per heavy atom. The highest BCUT2D eigenvalue weighted by atomic mass is 16.2. The van der Waals surface area contributed by atoms with Crippen LogP contribution in [0, 0.1) is 11.8 Å². The lowest BCUT2D eigenvalue weighted by Crippen LogP contribution is -2.46. The van der Waals surface area contributed by atoms with Crippen molar-refractivity contribution in [1.82, 2.24) is 19.7 Å². The van der Waals surface area contributed by atoms with E-state index in [9.17, 15) is 4.79 Å². The molecule has 1 fully saturated rings. The van der Waals surface area contributed by atoms with E-state index in [1.165, 1.54) is 0 Å². The van der Waals surface area contributed by atoms with E-state index in [0.717, 1.165) is 31.8 Å². The summed E-state index contributed by atoms with van der Waals surface area (Å²) < 4.78 is 1.95. The van der Waals surface area contributed by atoms with Crippen molar-refractivity contribution in [3.8, 4) is 0 Å². The quantitative estimate of drug-likeness (QED) is 0.882. The lowest BCUT2D eigenvalue weighted by Gasteiger charge is -2.35. The molecule has 1 amide bonds. The predicted octanol–water partition coefficient (Wildman–Crippen LogP) is 0.752. The number of carbonyl (C=O) groups is 1. The van der Waals surface area contributed by atoms with Gasteiger partial charge in [0.05, 0.1) is 5.92 Å². The minimum absolute atomic E-state index is 0.0757. The van der Waals surface area contributed by atoms with Crippen LogP contribution in [0.15, 0.2) is 6.33 Å². The molecule has 0 aromatic carbocycles. The van der Waals surface area contributed by atoms with Gasteiger partial charge in [-0.2, -0.15) is 0 Å². The molecule has 0 radical (unpaired) electrons. The molecule has 2 atom stereocenters. The Bertz CT molecular complexity index is 456. The summed E-state index contributed by atoms with van der Waals surface area (Å²) in [6, 6.07) is 0. The Morgan fingerprint density at radius 1 is 1.55 bits per heavy atom. The zero-order valence-electron chi connectivity index (χ0n) is 12.6. The number of piperidine rings is 1. The summed E-state index contributed by atoms with van der Waals surface area (Å²) >= 11 is 0. The molecule has 1 aromatic heterocycles. The zero-order chi connectivity index (χ0) is 14.7. The van der Waals surface area contributed by atoms with Crippen LogP contribution in [0.1, 0.15) is 38.4 Å². The summed E-state index contributed by atoms with van der Waals surface area (Å²) in [5, 5.41) is 8.12. The van der Waals surface area contributed by atoms with Crippen molar-refractivity contribution >= 4 is 5.91 Å². The Morgan fingerprint density at radius 2 is 2.30 bits per heavy atom. The maximum atomic E-state index is 12.6. The van der Waals surface area contributed by atoms with Gasteiger partial charge >= 0.3 is 0 Å². The lowest BCUT2D eigenvalue weighted by atomic mass is 9.91. The van der Waals surface area contributed by atoms with E-state index < -0.39 is 0 Å². The fourth-order valence-electron chi connectivity index (χ4n) is 2.94. The van der Waals surface area contributed by atoms with Crippen LogP contribution in [0.4, 0.5) is 0 Å². The van der Waals surface area contributed by atoms with Crippen molar-refractivity contribution in [3.05, 3.63) is 12.2 Å². The number of amides is 1. The SMILES string of the molecule is CC(C)C(CN)C(=O)N1CCCC(c2nncn2C)C1. The summed E-state index contributed by atoms with van der Waals surface area (Å²) in [4.78, 5) is 14.5. The van der Waals surface area contributed by atoms with Gasteiger partial charge in [-0.05, 0) is 18.8 Å². The smallest absolute Gasteiger partial charge is 0.227 e. The summed E-state index contributed by atoms with van der Waals surface area (Å²) in [6.45, 7) is 6.09. The van der Waals surface area contributed by atoms with E-state index >= 15 is 0 Å². The molecule has 1 saturated heterocycles. The van der Waals surface area contributed by atoms with Crippen LogP contribution < -0.4 is 5.73 Å². The number of hydrogen-bond acceptors (Lipinski definition) is 4. The molecule has 1 aliphatic heterocycles. The molecule has 0 bridgehead atoms. The average molecular weight is 279 g/mol. The molecule has 2 rings (SSSR count). The van der Waals surface area contributed by atoms with Gasteiger partial charge in [-0.25, -0.2) is 0 Å². The third-order valence-electron chi connectivity index (χ3n) is 4.22. The second kappa shape index (κ2) is 6.35. The average Bonchev–Trinajstić information content (AvgIpc) is 2.85. The molecule has 0 saturated carbocycles. The summed E-state index contributed by atoms with van der Waals surface area (Å²) in [7, 11) is 1.95. The van der Waals surface area contributed by atoms with Gasteiger partial charge in [-0.15, -0.1) is 10.2 Å². The molecule has 6 heteroatoms. The molecular weight excluding hydrogens is 254 g/mol. The van der Waals surface area contributed by atoms with Crippen molar-refractivity contribution < 1.29 is 4.79 Å². The van der Waals surface area contributed by atoms with Gasteiger partial charge in [-0.1, -0.05) is 13.8 Å². The van der Waals surface area contributed by atoms with Gasteiger partial charge in [0.15, 0.2) is 0 Å². The highest BCUT2D eigenvalue weighted by molar-refractivity contribution is 5.79. The maximum Gasteiger partial charge on any atom is 0.227 e. The van der Waals surface area contributed by atoms with E-state index in [4.69, 9.17) is 5.73 Å². The Hall–Kier alpha value is -1.43. The first-order chi connectivity index (χ1) is 9.54. The molecule has 2 unspecified atom stereocenters. The molecule has 20 heavy (non-hydrogen) atoms. The number of nitrogens with zero attached hydrogens (tertiary/aromatic N) is 4. The van der Waals surface area contributed by atoms with Crippen LogP contribution in [0.3, 0.4) is 0 Å². The van der Waals surface area contributed by atoms with Crippen LogP contribution in [0.5, 0.6) is 0 Å². The first kappa shape index (κ1) is 15.0. The van der Waals surface area contributed by atoms with Crippen molar-refractivity contribution in [1.29, 1.82) is 0 Å². The number of hydrogen-bond donors (Lipinski definition) is 1. The van der Waals surface area contributed by atoms with Crippen molar-refractivity contribution in [3.63, 3.8) is 0 Å². The minimum Gasteiger partial charge on any atom is -0.342 e. The first-order valence-electron chi connectivity index (χ1n) is 7.37. The van der Waals surface area contributed by atoms with Crippen molar-refractivity contribution in [2.45, 2.75) is 32.6 Å². The minimum atomic E-state index is -0.0757. The lowest BCUT2D eigenvalue weighted by molar-refractivity contribution is -0.137. The fourth-order valence-corrected chi connectivity index (χ4v) is 2.94. The number of aryl methyl sites for hydroxylation is 1. The summed E-state index contributed by atoms with van der Waals surface area (Å²) in [5.41, 5.74) is 5.76. The van der Waals surface area contributed by atoms with E-state index in [1.54, 1.807) is 6.33 Å². The van der Waals surface area contributed by atoms with Crippen LogP contribution in [-0.2, 0) is 11.8 Å². The van der Waals surface area contributed by atoms with Crippen LogP contribution in [-0.4, -0.2) is 45.2 Å². The van der Waals surface area contributed by atoms with Crippen molar-refractivity contribution in [2.24, 2.45) is 24.6 Å². The monoisotopic (exact) mass is 279 g/mol. The van der Waals surface area contributed by atoms with Gasteiger partial charge in [-0.3, -0.25) is 4.79 Å². The largest absolute Gasteiger partial charge is 0.342 e. The number of aromatic nitrogens is 3. The number of rotatable bonds is 4. The standard InChI is InChI=1S/C14H25N5O/c1-10(2)12(7-15)14(20)19-6-4-5-11(8-19)13-17-16-9-18(13)3/h9-12H,4-8,15H2,1-3H3. The summed E-state index contributed by atoms with van der Waals surface area (Å²) in [6.07, 6.45) is 3.79. The van der Waals surface area contributed by atoms with Crippen molar-refractivity contribution in [2.75, 3.05) is 19.6 Å². The van der Waals surface area contributed by atoms with Crippen LogP contribution >= 0.6 is 0 Å². The Kier molecular flexibility index (Phi) is 4.75. The third-order valence-corrected chi connectivity index (χ3v) is 4.22. The van der Waals surface area contributed by atoms with Gasteiger partial charge < -0.3 is 15.2 Å². The van der Waals surface area contributed by atoms with Gasteiger partial charge in [0, 0.05) is 32.6 Å². The first-order valence-corrected chi connectivity index (χ1v) is 7.37. The molecule has 0 aliphatic carbocycles. The fraction of sp³-hybridized carbons (Fsp3) is 0.786. The van der Waals surface area contributed by atoms with E-state index in [-0.39, 0.29) is 23.7 Å². The van der Waals surface area contributed by atoms with E-state index in [1.807, 2.05) is 16.5 Å². The number of likely N-dealkylation sites (tertiary alicyclic amines) is 1. The highest BCUT2D eigenvalue weighted by Gasteiger charge is 2.31. The highest BCUT2D eigenvalue weighted by Crippen LogP contribution is 2.26. The summed E-state index contributed by atoms with van der Waals surface area (Å²) in [5.74, 6) is 1.65. The molecular formula is C14H25N5O. The molecule has 1 aromatic rings. The number of carbonyl (C=O) groups excluding carboxylic acids is 1. The Balaban J connectivity index is 2.07. The molecule has 2 N–H and O–H groups in total.